The summed E-state index contributed by atoms with van der Waals surface area (Å²) in [5.41, 5.74) is 2.82. The Labute approximate surface area is 207 Å². The Kier molecular flexibility index (Phi) is 4.99. The number of H-pyrrole nitrogens is 1. The molecule has 0 aliphatic heterocycles. The second-order valence-corrected chi connectivity index (χ2v) is 8.09. The van der Waals surface area contributed by atoms with Gasteiger partial charge in [0.1, 0.15) is 94.2 Å². The molecular weight excluding hydrogens is 384 g/mol. The summed E-state index contributed by atoms with van der Waals surface area (Å²) >= 11 is 0. The van der Waals surface area contributed by atoms with Crippen molar-refractivity contribution in [3.63, 3.8) is 0 Å². The lowest BCUT2D eigenvalue weighted by atomic mass is 9.60. The summed E-state index contributed by atoms with van der Waals surface area (Å²) in [5, 5.41) is 2.37. The summed E-state index contributed by atoms with van der Waals surface area (Å²) in [6.07, 6.45) is 0. The van der Waals surface area contributed by atoms with Crippen LogP contribution in [0.15, 0.2) is 0 Å². The van der Waals surface area contributed by atoms with Gasteiger partial charge in [-0.15, -0.1) is 21.9 Å². The maximum absolute atomic E-state index is 6.60. The van der Waals surface area contributed by atoms with Crippen molar-refractivity contribution in [3.05, 3.63) is 0 Å². The summed E-state index contributed by atoms with van der Waals surface area (Å²) in [6, 6.07) is 0. The molecule has 0 unspecified atom stereocenters. The number of aromatic nitrogens is 1. The van der Waals surface area contributed by atoms with Crippen LogP contribution in [0.3, 0.4) is 0 Å². The quantitative estimate of drug-likeness (QED) is 0.255. The molecule has 0 amide bonds. The number of benzene rings is 4. The van der Waals surface area contributed by atoms with E-state index in [4.69, 9.17) is 94.2 Å². The van der Waals surface area contributed by atoms with Crippen molar-refractivity contribution in [2.75, 3.05) is 0 Å². The van der Waals surface area contributed by atoms with Gasteiger partial charge in [0.05, 0.1) is 0 Å². The van der Waals surface area contributed by atoms with E-state index in [-0.39, 0.29) is 65.6 Å². The highest BCUT2D eigenvalue weighted by Gasteiger charge is 2.22. The molecule has 1 nitrogen and oxygen atoms in total. The third kappa shape index (κ3) is 2.66. The normalized spacial score (nSPS) is 11.9. The highest BCUT2D eigenvalue weighted by atomic mass is 14.7. The van der Waals surface area contributed by atoms with E-state index >= 15 is 0 Å². The van der Waals surface area contributed by atoms with Gasteiger partial charge in [-0.05, 0) is 32.3 Å². The summed E-state index contributed by atoms with van der Waals surface area (Å²) in [4.78, 5) is 3.20. The summed E-state index contributed by atoms with van der Waals surface area (Å²) in [7, 11) is 75.5. The van der Waals surface area contributed by atoms with Gasteiger partial charge in [-0.25, -0.2) is 0 Å². The van der Waals surface area contributed by atoms with E-state index in [1.54, 1.807) is 0 Å². The van der Waals surface area contributed by atoms with Crippen LogP contribution in [0.2, 0.25) is 0 Å². The van der Waals surface area contributed by atoms with Crippen LogP contribution in [0.5, 0.6) is 0 Å². The predicted molar refractivity (Wildman–Crippen MR) is 155 cm³/mol. The van der Waals surface area contributed by atoms with Crippen LogP contribution < -0.4 is 65.6 Å². The van der Waals surface area contributed by atoms with E-state index in [0.29, 0.717) is 43.4 Å². The fraction of sp³-hybridized carbons (Fsp3) is 0. The molecule has 33 heavy (non-hydrogen) atoms. The van der Waals surface area contributed by atoms with E-state index in [1.165, 1.54) is 0 Å². The summed E-state index contributed by atoms with van der Waals surface area (Å²) in [5.74, 6) is 0. The topological polar surface area (TPSA) is 15.8 Å². The van der Waals surface area contributed by atoms with Gasteiger partial charge in [0.25, 0.3) is 0 Å². The molecule has 0 spiro atoms. The number of aromatic amines is 1. The Hall–Kier alpha value is -2.02. The maximum Gasteiger partial charge on any atom is 0.117 e. The molecule has 13 heteroatoms. The molecule has 0 bridgehead atoms. The Morgan fingerprint density at radius 3 is 0.758 bits per heavy atom. The molecule has 1 aromatic heterocycles. The Bertz CT molecular complexity index is 1610. The van der Waals surface area contributed by atoms with Gasteiger partial charge in [-0.3, -0.25) is 0 Å². The van der Waals surface area contributed by atoms with Crippen molar-refractivity contribution in [2.24, 2.45) is 0 Å². The van der Waals surface area contributed by atoms with Crippen LogP contribution in [-0.4, -0.2) is 99.1 Å². The summed E-state index contributed by atoms with van der Waals surface area (Å²) < 4.78 is 0. The Morgan fingerprint density at radius 1 is 0.242 bits per heavy atom. The second kappa shape index (κ2) is 7.24. The minimum atomic E-state index is 0.100. The van der Waals surface area contributed by atoms with Crippen LogP contribution in [0.1, 0.15) is 0 Å². The van der Waals surface area contributed by atoms with Crippen molar-refractivity contribution >= 4 is 203 Å². The van der Waals surface area contributed by atoms with Gasteiger partial charge >= 0.3 is 0 Å². The van der Waals surface area contributed by atoms with Crippen LogP contribution in [0.25, 0.3) is 43.4 Å². The molecule has 5 rings (SSSR count). The fourth-order valence-electron chi connectivity index (χ4n) is 4.72. The molecule has 24 radical (unpaired) electrons. The molecule has 0 saturated heterocycles. The van der Waals surface area contributed by atoms with Crippen molar-refractivity contribution in [1.82, 2.24) is 4.98 Å². The Morgan fingerprint density at radius 2 is 0.485 bits per heavy atom. The molecule has 1 N–H and O–H groups in total. The average molecular weight is 385 g/mol. The monoisotopic (exact) mass is 387 g/mol. The first-order valence-corrected chi connectivity index (χ1v) is 9.71. The van der Waals surface area contributed by atoms with E-state index in [9.17, 15) is 0 Å². The van der Waals surface area contributed by atoms with Crippen LogP contribution in [-0.2, 0) is 0 Å². The third-order valence-electron chi connectivity index (χ3n) is 6.47. The first-order valence-electron chi connectivity index (χ1n) is 9.71. The van der Waals surface area contributed by atoms with Gasteiger partial charge in [-0.1, -0.05) is 43.7 Å². The molecule has 0 saturated carbocycles. The zero-order chi connectivity index (χ0) is 24.3. The first-order chi connectivity index (χ1) is 15.4. The van der Waals surface area contributed by atoms with Gasteiger partial charge in [0.2, 0.25) is 0 Å². The largest absolute Gasteiger partial charge is 0.355 e. The minimum absolute atomic E-state index is 0.100. The van der Waals surface area contributed by atoms with Crippen molar-refractivity contribution in [3.8, 4) is 0 Å². The highest BCUT2D eigenvalue weighted by molar-refractivity contribution is 6.74. The fourth-order valence-corrected chi connectivity index (χ4v) is 4.72. The van der Waals surface area contributed by atoms with E-state index in [0.717, 1.165) is 0 Å². The second-order valence-electron chi connectivity index (χ2n) is 8.09. The van der Waals surface area contributed by atoms with Crippen LogP contribution in [0, 0.1) is 0 Å². The molecule has 122 valence electrons. The lowest BCUT2D eigenvalue weighted by Crippen LogP contribution is -2.50. The third-order valence-corrected chi connectivity index (χ3v) is 6.47. The lowest BCUT2D eigenvalue weighted by molar-refractivity contribution is 1.59. The lowest BCUT2D eigenvalue weighted by Gasteiger charge is -2.22. The molecule has 4 aromatic carbocycles. The zero-order valence-corrected chi connectivity index (χ0v) is 17.4. The first kappa shape index (κ1) is 22.8. The van der Waals surface area contributed by atoms with E-state index < -0.39 is 0 Å². The van der Waals surface area contributed by atoms with Crippen LogP contribution >= 0.6 is 0 Å². The molecule has 5 aromatic rings. The molecule has 0 atom stereocenters. The number of hydrogen-bond acceptors (Lipinski definition) is 0. The maximum atomic E-state index is 6.60. The van der Waals surface area contributed by atoms with E-state index in [2.05, 4.69) is 4.98 Å². The number of rotatable bonds is 0. The van der Waals surface area contributed by atoms with Crippen LogP contribution in [0.4, 0.5) is 0 Å². The van der Waals surface area contributed by atoms with Gasteiger partial charge in [-0.2, -0.15) is 0 Å². The van der Waals surface area contributed by atoms with Gasteiger partial charge in [0, 0.05) is 11.0 Å². The molecule has 0 aliphatic rings. The molecule has 1 heterocycles. The molecule has 0 fully saturated rings. The molecular formula is C20HB12N. The highest BCUT2D eigenvalue weighted by Crippen LogP contribution is 2.24. The van der Waals surface area contributed by atoms with Gasteiger partial charge < -0.3 is 4.98 Å². The van der Waals surface area contributed by atoms with Gasteiger partial charge in [0.15, 0.2) is 0 Å². The van der Waals surface area contributed by atoms with E-state index in [1.807, 2.05) is 0 Å². The predicted octanol–water partition coefficient (Wildman–Crippen LogP) is -8.85. The minimum Gasteiger partial charge on any atom is -0.355 e. The zero-order valence-electron chi connectivity index (χ0n) is 17.4. The van der Waals surface area contributed by atoms with Crippen molar-refractivity contribution in [2.45, 2.75) is 0 Å². The van der Waals surface area contributed by atoms with Crippen molar-refractivity contribution in [1.29, 1.82) is 0 Å². The molecule has 0 aliphatic carbocycles. The summed E-state index contributed by atoms with van der Waals surface area (Å²) in [6.45, 7) is 0. The van der Waals surface area contributed by atoms with Crippen molar-refractivity contribution < 1.29 is 0 Å². The smallest absolute Gasteiger partial charge is 0.117 e. The number of hydrogen-bond donors (Lipinski definition) is 1. The number of fused-ring (bicyclic) bond motifs is 5. The standard InChI is InChI=1S/C20HB12N/c21-7-1-3(11(25)17(31)15(29)9(1)23)13(27)19-5(7)6-8(22)2-4(14(28)20(6)33-19)12(26)18(32)16(30)10(2)24/h33H. The Balaban J connectivity index is 2.18. The number of nitrogens with one attached hydrogen (secondary N) is 1. The average Bonchev–Trinajstić information content (AvgIpc) is 3.20. The SMILES string of the molecule is [B]c1c([B])c([B])c2c([B])c3c([nH]c4c([B])c5c([B])c([B])c([B])c([B])c5c([B])c43)c([B])c2c1[B].